The Balaban J connectivity index is 1.74. The largest absolute Gasteiger partial charge is 0.507 e. The summed E-state index contributed by atoms with van der Waals surface area (Å²) in [7, 11) is 0. The molecule has 0 aliphatic heterocycles. The van der Waals surface area contributed by atoms with Crippen molar-refractivity contribution in [3.63, 3.8) is 0 Å². The van der Waals surface area contributed by atoms with Crippen molar-refractivity contribution >= 4 is 0 Å². The van der Waals surface area contributed by atoms with Gasteiger partial charge in [-0.3, -0.25) is 0 Å². The van der Waals surface area contributed by atoms with E-state index in [1.54, 1.807) is 0 Å². The summed E-state index contributed by atoms with van der Waals surface area (Å²) in [4.78, 5) is 0. The maximum Gasteiger partial charge on any atom is 0.127 e. The first-order chi connectivity index (χ1) is 10.3. The van der Waals surface area contributed by atoms with E-state index < -0.39 is 0 Å². The summed E-state index contributed by atoms with van der Waals surface area (Å²) in [5.41, 5.74) is 2.97. The summed E-state index contributed by atoms with van der Waals surface area (Å²) in [5, 5.41) is 14.1. The second kappa shape index (κ2) is 6.77. The zero-order valence-corrected chi connectivity index (χ0v) is 12.4. The molecule has 0 unspecified atom stereocenters. The van der Waals surface area contributed by atoms with E-state index in [1.807, 2.05) is 48.5 Å². The van der Waals surface area contributed by atoms with Gasteiger partial charge in [0.25, 0.3) is 0 Å². The molecular weight excluding hydrogens is 258 g/mol. The monoisotopic (exact) mass is 281 g/mol. The summed E-state index contributed by atoms with van der Waals surface area (Å²) in [5.74, 6) is 0.409. The Morgan fingerprint density at radius 3 is 2.43 bits per heavy atom. The number of rotatable bonds is 4. The molecule has 0 spiro atoms. The van der Waals surface area contributed by atoms with Gasteiger partial charge in [0.2, 0.25) is 0 Å². The third-order valence-electron chi connectivity index (χ3n) is 4.39. The van der Waals surface area contributed by atoms with E-state index in [9.17, 15) is 5.11 Å². The van der Waals surface area contributed by atoms with Crippen molar-refractivity contribution in [3.8, 4) is 16.9 Å². The van der Waals surface area contributed by atoms with Crippen molar-refractivity contribution in [1.29, 1.82) is 0 Å². The standard InChI is InChI=1S/C19H23NO/c21-19-16(14-20-17-11-5-2-6-12-17)10-7-13-18(19)15-8-3-1-4-9-15/h1,3-4,7-10,13,17,20-21H,2,5-6,11-12,14H2. The highest BCUT2D eigenvalue weighted by Gasteiger charge is 2.14. The maximum absolute atomic E-state index is 10.5. The molecule has 3 rings (SSSR count). The van der Waals surface area contributed by atoms with Crippen molar-refractivity contribution < 1.29 is 5.11 Å². The molecule has 1 saturated carbocycles. The van der Waals surface area contributed by atoms with Crippen molar-refractivity contribution in [2.75, 3.05) is 0 Å². The number of para-hydroxylation sites is 1. The molecule has 21 heavy (non-hydrogen) atoms. The number of aromatic hydroxyl groups is 1. The van der Waals surface area contributed by atoms with Gasteiger partial charge < -0.3 is 10.4 Å². The van der Waals surface area contributed by atoms with E-state index in [0.29, 0.717) is 11.8 Å². The van der Waals surface area contributed by atoms with Gasteiger partial charge in [-0.05, 0) is 18.4 Å². The molecule has 1 aliphatic rings. The highest BCUT2D eigenvalue weighted by Crippen LogP contribution is 2.32. The van der Waals surface area contributed by atoms with Crippen LogP contribution in [0, 0.1) is 0 Å². The van der Waals surface area contributed by atoms with Crippen LogP contribution in [0.3, 0.4) is 0 Å². The summed E-state index contributed by atoms with van der Waals surface area (Å²) in [6, 6.07) is 16.7. The average Bonchev–Trinajstić information content (AvgIpc) is 2.56. The Bertz CT molecular complexity index is 573. The lowest BCUT2D eigenvalue weighted by Gasteiger charge is -2.23. The summed E-state index contributed by atoms with van der Waals surface area (Å²) in [6.07, 6.45) is 6.55. The Morgan fingerprint density at radius 2 is 1.67 bits per heavy atom. The Hall–Kier alpha value is -1.80. The molecular formula is C19H23NO. The number of phenolic OH excluding ortho intramolecular Hbond substituents is 1. The van der Waals surface area contributed by atoms with E-state index in [1.165, 1.54) is 32.1 Å². The summed E-state index contributed by atoms with van der Waals surface area (Å²) in [6.45, 7) is 0.747. The Kier molecular flexibility index (Phi) is 4.56. The number of hydrogen-bond donors (Lipinski definition) is 2. The van der Waals surface area contributed by atoms with Gasteiger partial charge in [-0.25, -0.2) is 0 Å². The molecule has 2 nitrogen and oxygen atoms in total. The molecule has 110 valence electrons. The molecule has 0 saturated heterocycles. The van der Waals surface area contributed by atoms with Crippen molar-refractivity contribution in [3.05, 3.63) is 54.1 Å². The van der Waals surface area contributed by atoms with E-state index in [0.717, 1.165) is 23.2 Å². The van der Waals surface area contributed by atoms with Crippen LogP contribution in [0.15, 0.2) is 48.5 Å². The zero-order valence-electron chi connectivity index (χ0n) is 12.4. The van der Waals surface area contributed by atoms with Crippen LogP contribution >= 0.6 is 0 Å². The molecule has 0 heterocycles. The highest BCUT2D eigenvalue weighted by atomic mass is 16.3. The van der Waals surface area contributed by atoms with Gasteiger partial charge in [-0.15, -0.1) is 0 Å². The fourth-order valence-electron chi connectivity index (χ4n) is 3.15. The molecule has 0 radical (unpaired) electrons. The number of nitrogens with one attached hydrogen (secondary N) is 1. The second-order valence-electron chi connectivity index (χ2n) is 5.90. The second-order valence-corrected chi connectivity index (χ2v) is 5.90. The van der Waals surface area contributed by atoms with Crippen LogP contribution in [0.5, 0.6) is 5.75 Å². The van der Waals surface area contributed by atoms with Crippen LogP contribution in [0.4, 0.5) is 0 Å². The van der Waals surface area contributed by atoms with E-state index >= 15 is 0 Å². The Morgan fingerprint density at radius 1 is 0.905 bits per heavy atom. The number of phenols is 1. The van der Waals surface area contributed by atoms with Crippen LogP contribution in [0.1, 0.15) is 37.7 Å². The van der Waals surface area contributed by atoms with Gasteiger partial charge in [0.1, 0.15) is 5.75 Å². The van der Waals surface area contributed by atoms with Gasteiger partial charge >= 0.3 is 0 Å². The molecule has 1 fully saturated rings. The van der Waals surface area contributed by atoms with Crippen LogP contribution < -0.4 is 5.32 Å². The molecule has 2 aromatic rings. The molecule has 1 aliphatic carbocycles. The molecule has 0 amide bonds. The summed E-state index contributed by atoms with van der Waals surface area (Å²) < 4.78 is 0. The smallest absolute Gasteiger partial charge is 0.127 e. The summed E-state index contributed by atoms with van der Waals surface area (Å²) >= 11 is 0. The maximum atomic E-state index is 10.5. The van der Waals surface area contributed by atoms with Crippen molar-refractivity contribution in [2.45, 2.75) is 44.7 Å². The van der Waals surface area contributed by atoms with E-state index in [4.69, 9.17) is 0 Å². The first-order valence-corrected chi connectivity index (χ1v) is 7.94. The highest BCUT2D eigenvalue weighted by molar-refractivity contribution is 5.71. The Labute approximate surface area is 126 Å². The van der Waals surface area contributed by atoms with Crippen LogP contribution in [0.25, 0.3) is 11.1 Å². The molecule has 0 atom stereocenters. The normalized spacial score (nSPS) is 16.0. The van der Waals surface area contributed by atoms with E-state index in [-0.39, 0.29) is 0 Å². The first-order valence-electron chi connectivity index (χ1n) is 7.94. The van der Waals surface area contributed by atoms with Gasteiger partial charge in [-0.2, -0.15) is 0 Å². The lowest BCUT2D eigenvalue weighted by molar-refractivity contribution is 0.369. The molecule has 0 aromatic heterocycles. The third-order valence-corrected chi connectivity index (χ3v) is 4.39. The fourth-order valence-corrected chi connectivity index (χ4v) is 3.15. The van der Waals surface area contributed by atoms with Crippen LogP contribution in [-0.4, -0.2) is 11.1 Å². The fraction of sp³-hybridized carbons (Fsp3) is 0.368. The predicted molar refractivity (Wildman–Crippen MR) is 87.3 cm³/mol. The first kappa shape index (κ1) is 14.2. The van der Waals surface area contributed by atoms with Gasteiger partial charge in [0.05, 0.1) is 0 Å². The van der Waals surface area contributed by atoms with Crippen LogP contribution in [0.2, 0.25) is 0 Å². The van der Waals surface area contributed by atoms with Gasteiger partial charge in [0.15, 0.2) is 0 Å². The topological polar surface area (TPSA) is 32.3 Å². The van der Waals surface area contributed by atoms with Crippen molar-refractivity contribution in [2.24, 2.45) is 0 Å². The predicted octanol–water partition coefficient (Wildman–Crippen LogP) is 4.48. The minimum Gasteiger partial charge on any atom is -0.507 e. The van der Waals surface area contributed by atoms with Gasteiger partial charge in [-0.1, -0.05) is 67.8 Å². The van der Waals surface area contributed by atoms with E-state index in [2.05, 4.69) is 5.32 Å². The van der Waals surface area contributed by atoms with Crippen LogP contribution in [-0.2, 0) is 6.54 Å². The molecule has 2 aromatic carbocycles. The quantitative estimate of drug-likeness (QED) is 0.866. The minimum atomic E-state index is 0.409. The van der Waals surface area contributed by atoms with Gasteiger partial charge in [0, 0.05) is 23.7 Å². The molecule has 2 N–H and O–H groups in total. The zero-order chi connectivity index (χ0) is 14.5. The molecule has 2 heteroatoms. The SMILES string of the molecule is Oc1c(CNC2CCCCC2)cccc1-c1ccccc1. The lowest BCUT2D eigenvalue weighted by atomic mass is 9.95. The number of hydrogen-bond acceptors (Lipinski definition) is 2. The lowest BCUT2D eigenvalue weighted by Crippen LogP contribution is -2.30. The molecule has 0 bridgehead atoms. The number of benzene rings is 2. The van der Waals surface area contributed by atoms with Crippen molar-refractivity contribution in [1.82, 2.24) is 5.32 Å². The average molecular weight is 281 g/mol. The third kappa shape index (κ3) is 3.45. The minimum absolute atomic E-state index is 0.409.